The minimum Gasteiger partial charge on any atom is -0.446 e. The first-order valence-electron chi connectivity index (χ1n) is 6.21. The zero-order valence-electron chi connectivity index (χ0n) is 10.2. The molecule has 3 nitrogen and oxygen atoms in total. The van der Waals surface area contributed by atoms with Crippen LogP contribution in [-0.2, 0) is 4.74 Å². The van der Waals surface area contributed by atoms with Gasteiger partial charge in [0.05, 0.1) is 0 Å². The van der Waals surface area contributed by atoms with Gasteiger partial charge in [0, 0.05) is 13.1 Å². The molecule has 0 bridgehead atoms. The van der Waals surface area contributed by atoms with Gasteiger partial charge in [-0.1, -0.05) is 20.8 Å². The summed E-state index contributed by atoms with van der Waals surface area (Å²) >= 11 is 0. The second kappa shape index (κ2) is 5.99. The van der Waals surface area contributed by atoms with E-state index >= 15 is 0 Å². The van der Waals surface area contributed by atoms with Crippen LogP contribution < -0.4 is 0 Å². The van der Waals surface area contributed by atoms with E-state index in [4.69, 9.17) is 4.74 Å². The van der Waals surface area contributed by atoms with Crippen LogP contribution in [0.4, 0.5) is 4.79 Å². The fourth-order valence-corrected chi connectivity index (χ4v) is 1.81. The molecule has 88 valence electrons. The van der Waals surface area contributed by atoms with E-state index in [1.807, 2.05) is 18.7 Å². The highest BCUT2D eigenvalue weighted by molar-refractivity contribution is 5.68. The van der Waals surface area contributed by atoms with Gasteiger partial charge in [-0.25, -0.2) is 4.79 Å². The molecule has 2 fully saturated rings. The van der Waals surface area contributed by atoms with E-state index in [1.165, 1.54) is 6.42 Å². The fraction of sp³-hybridized carbons (Fsp3) is 0.917. The quantitative estimate of drug-likeness (QED) is 0.670. The van der Waals surface area contributed by atoms with Crippen LogP contribution in [0.1, 0.15) is 46.5 Å². The monoisotopic (exact) mass is 213 g/mol. The maximum absolute atomic E-state index is 11.5. The Labute approximate surface area is 92.8 Å². The summed E-state index contributed by atoms with van der Waals surface area (Å²) in [7, 11) is 0. The number of nitrogens with zero attached hydrogens (tertiary/aromatic N) is 1. The van der Waals surface area contributed by atoms with Gasteiger partial charge in [-0.15, -0.1) is 0 Å². The number of carbonyl (C=O) groups is 1. The lowest BCUT2D eigenvalue weighted by Gasteiger charge is -2.27. The first-order chi connectivity index (χ1) is 7.25. The van der Waals surface area contributed by atoms with Gasteiger partial charge in [-0.3, -0.25) is 0 Å². The van der Waals surface area contributed by atoms with E-state index in [-0.39, 0.29) is 12.2 Å². The van der Waals surface area contributed by atoms with E-state index in [0.29, 0.717) is 5.92 Å². The van der Waals surface area contributed by atoms with Crippen LogP contribution in [-0.4, -0.2) is 30.2 Å². The molecule has 0 aromatic heterocycles. The van der Waals surface area contributed by atoms with Crippen LogP contribution >= 0.6 is 0 Å². The molecule has 1 saturated heterocycles. The van der Waals surface area contributed by atoms with Crippen molar-refractivity contribution in [2.75, 3.05) is 13.1 Å². The highest BCUT2D eigenvalue weighted by Gasteiger charge is 2.28. The molecule has 1 aliphatic heterocycles. The van der Waals surface area contributed by atoms with Crippen molar-refractivity contribution in [3.05, 3.63) is 0 Å². The molecule has 0 aromatic rings. The lowest BCUT2D eigenvalue weighted by atomic mass is 9.96. The maximum Gasteiger partial charge on any atom is 0.410 e. The molecule has 2 rings (SSSR count). The summed E-state index contributed by atoms with van der Waals surface area (Å²) in [5, 5.41) is 0. The van der Waals surface area contributed by atoms with Crippen LogP contribution in [0.25, 0.3) is 0 Å². The number of likely N-dealkylation sites (tertiary alicyclic amines) is 1. The summed E-state index contributed by atoms with van der Waals surface area (Å²) < 4.78 is 5.31. The molecule has 1 aliphatic carbocycles. The SMILES string of the molecule is CC.CC1CCN(C(=O)OC2CCC2)C1. The Morgan fingerprint density at radius 2 is 1.93 bits per heavy atom. The smallest absolute Gasteiger partial charge is 0.410 e. The molecule has 1 saturated carbocycles. The summed E-state index contributed by atoms with van der Waals surface area (Å²) in [6.07, 6.45) is 4.61. The van der Waals surface area contributed by atoms with E-state index in [1.54, 1.807) is 0 Å². The van der Waals surface area contributed by atoms with Crippen LogP contribution in [0.5, 0.6) is 0 Å². The van der Waals surface area contributed by atoms with Gasteiger partial charge in [-0.05, 0) is 31.6 Å². The molecule has 1 unspecified atom stereocenters. The number of ether oxygens (including phenoxy) is 1. The Morgan fingerprint density at radius 1 is 1.27 bits per heavy atom. The van der Waals surface area contributed by atoms with Crippen LogP contribution in [0.3, 0.4) is 0 Å². The molecular formula is C12H23NO2. The van der Waals surface area contributed by atoms with E-state index in [0.717, 1.165) is 32.4 Å². The zero-order valence-corrected chi connectivity index (χ0v) is 10.2. The lowest BCUT2D eigenvalue weighted by molar-refractivity contribution is 0.0305. The first kappa shape index (κ1) is 12.3. The first-order valence-corrected chi connectivity index (χ1v) is 6.21. The molecule has 0 radical (unpaired) electrons. The molecule has 0 spiro atoms. The molecule has 1 heterocycles. The zero-order chi connectivity index (χ0) is 11.3. The average Bonchev–Trinajstić information content (AvgIpc) is 2.61. The molecule has 0 N–H and O–H groups in total. The fourth-order valence-electron chi connectivity index (χ4n) is 1.81. The van der Waals surface area contributed by atoms with Crippen LogP contribution in [0, 0.1) is 5.92 Å². The molecule has 1 atom stereocenters. The number of amides is 1. The topological polar surface area (TPSA) is 29.5 Å². The van der Waals surface area contributed by atoms with Crippen molar-refractivity contribution < 1.29 is 9.53 Å². The summed E-state index contributed by atoms with van der Waals surface area (Å²) in [5.74, 6) is 0.647. The summed E-state index contributed by atoms with van der Waals surface area (Å²) in [6.45, 7) is 7.94. The minimum absolute atomic E-state index is 0.0888. The summed E-state index contributed by atoms with van der Waals surface area (Å²) in [4.78, 5) is 13.3. The van der Waals surface area contributed by atoms with Gasteiger partial charge in [0.15, 0.2) is 0 Å². The Kier molecular flexibility index (Phi) is 4.92. The van der Waals surface area contributed by atoms with E-state index in [9.17, 15) is 4.79 Å². The van der Waals surface area contributed by atoms with Crippen molar-refractivity contribution >= 4 is 6.09 Å². The van der Waals surface area contributed by atoms with Crippen molar-refractivity contribution in [2.24, 2.45) is 5.92 Å². The Morgan fingerprint density at radius 3 is 2.33 bits per heavy atom. The lowest BCUT2D eigenvalue weighted by Crippen LogP contribution is -2.34. The average molecular weight is 213 g/mol. The second-order valence-electron chi connectivity index (χ2n) is 4.28. The van der Waals surface area contributed by atoms with Gasteiger partial charge < -0.3 is 9.64 Å². The van der Waals surface area contributed by atoms with Crippen molar-refractivity contribution in [3.63, 3.8) is 0 Å². The maximum atomic E-state index is 11.5. The molecule has 0 aromatic carbocycles. The van der Waals surface area contributed by atoms with Crippen molar-refractivity contribution in [1.82, 2.24) is 4.90 Å². The minimum atomic E-state index is -0.0888. The number of hydrogen-bond acceptors (Lipinski definition) is 2. The third kappa shape index (κ3) is 3.40. The van der Waals surface area contributed by atoms with Crippen LogP contribution in [0.15, 0.2) is 0 Å². The molecular weight excluding hydrogens is 190 g/mol. The van der Waals surface area contributed by atoms with Gasteiger partial charge in [-0.2, -0.15) is 0 Å². The summed E-state index contributed by atoms with van der Waals surface area (Å²) in [5.41, 5.74) is 0. The predicted molar refractivity (Wildman–Crippen MR) is 60.8 cm³/mol. The molecule has 15 heavy (non-hydrogen) atoms. The number of carbonyl (C=O) groups excluding carboxylic acids is 1. The second-order valence-corrected chi connectivity index (χ2v) is 4.28. The standard InChI is InChI=1S/C10H17NO2.C2H6/c1-8-5-6-11(7-8)10(12)13-9-3-2-4-9;1-2/h8-9H,2-7H2,1H3;1-2H3. The Balaban J connectivity index is 0.000000531. The molecule has 1 amide bonds. The van der Waals surface area contributed by atoms with Crippen LogP contribution in [0.2, 0.25) is 0 Å². The van der Waals surface area contributed by atoms with E-state index < -0.39 is 0 Å². The van der Waals surface area contributed by atoms with Crippen molar-refractivity contribution in [1.29, 1.82) is 0 Å². The predicted octanol–water partition coefficient (Wildman–Crippen LogP) is 3.04. The van der Waals surface area contributed by atoms with Gasteiger partial charge >= 0.3 is 6.09 Å². The largest absolute Gasteiger partial charge is 0.446 e. The third-order valence-electron chi connectivity index (χ3n) is 3.00. The Hall–Kier alpha value is -0.730. The Bertz CT molecular complexity index is 202. The highest BCUT2D eigenvalue weighted by atomic mass is 16.6. The van der Waals surface area contributed by atoms with Crippen molar-refractivity contribution in [2.45, 2.75) is 52.6 Å². The summed E-state index contributed by atoms with van der Waals surface area (Å²) in [6, 6.07) is 0. The van der Waals surface area contributed by atoms with Gasteiger partial charge in [0.2, 0.25) is 0 Å². The van der Waals surface area contributed by atoms with E-state index in [2.05, 4.69) is 6.92 Å². The van der Waals surface area contributed by atoms with Gasteiger partial charge in [0.1, 0.15) is 6.10 Å². The van der Waals surface area contributed by atoms with Gasteiger partial charge in [0.25, 0.3) is 0 Å². The highest BCUT2D eigenvalue weighted by Crippen LogP contribution is 2.24. The number of hydrogen-bond donors (Lipinski definition) is 0. The molecule has 2 aliphatic rings. The number of rotatable bonds is 1. The normalized spacial score (nSPS) is 25.3. The van der Waals surface area contributed by atoms with Crippen molar-refractivity contribution in [3.8, 4) is 0 Å². The third-order valence-corrected chi connectivity index (χ3v) is 3.00. The molecule has 3 heteroatoms.